The van der Waals surface area contributed by atoms with Gasteiger partial charge in [0.15, 0.2) is 10.1 Å². The third kappa shape index (κ3) is 3.37. The Hall–Kier alpha value is -1.87. The molecule has 3 aromatic heterocycles. The Labute approximate surface area is 162 Å². The van der Waals surface area contributed by atoms with Gasteiger partial charge < -0.3 is 9.30 Å². The first-order valence-electron chi connectivity index (χ1n) is 7.89. The molecule has 3 heterocycles. The molecule has 0 unspecified atom stereocenters. The third-order valence-corrected chi connectivity index (χ3v) is 5.90. The van der Waals surface area contributed by atoms with Gasteiger partial charge in [0.1, 0.15) is 0 Å². The Bertz CT molecular complexity index is 1130. The second-order valence-corrected chi connectivity index (χ2v) is 7.85. The maximum atomic E-state index is 12.1. The Morgan fingerprint density at radius 1 is 1.31 bits per heavy atom. The number of halogens is 1. The lowest BCUT2D eigenvalue weighted by atomic mass is 10.3. The summed E-state index contributed by atoms with van der Waals surface area (Å²) in [6.07, 6.45) is 1.74. The first kappa shape index (κ1) is 17.5. The van der Waals surface area contributed by atoms with E-state index in [4.69, 9.17) is 21.3 Å². The van der Waals surface area contributed by atoms with E-state index in [0.717, 1.165) is 21.9 Å². The molecule has 4 aromatic rings. The van der Waals surface area contributed by atoms with Gasteiger partial charge in [0.05, 0.1) is 23.3 Å². The SMILES string of the molecule is COCCn1c(SCc2cc(=O)n3ccsc3n2)nc2cc(Cl)ccc21. The number of aromatic nitrogens is 4. The molecular weight excluding hydrogens is 392 g/mol. The fourth-order valence-electron chi connectivity index (χ4n) is 2.69. The van der Waals surface area contributed by atoms with E-state index in [1.54, 1.807) is 35.5 Å². The van der Waals surface area contributed by atoms with E-state index in [1.165, 1.54) is 11.3 Å². The minimum atomic E-state index is -0.0634. The number of nitrogens with zero attached hydrogens (tertiary/aromatic N) is 4. The zero-order valence-corrected chi connectivity index (χ0v) is 16.3. The van der Waals surface area contributed by atoms with E-state index in [2.05, 4.69) is 9.55 Å². The van der Waals surface area contributed by atoms with Crippen molar-refractivity contribution in [2.75, 3.05) is 13.7 Å². The van der Waals surface area contributed by atoms with Gasteiger partial charge in [0.2, 0.25) is 0 Å². The number of thioether (sulfide) groups is 1. The molecule has 9 heteroatoms. The van der Waals surface area contributed by atoms with Crippen molar-refractivity contribution in [1.82, 2.24) is 18.9 Å². The van der Waals surface area contributed by atoms with Gasteiger partial charge in [0, 0.05) is 42.1 Å². The smallest absolute Gasteiger partial charge is 0.258 e. The summed E-state index contributed by atoms with van der Waals surface area (Å²) in [5.74, 6) is 0.563. The van der Waals surface area contributed by atoms with Gasteiger partial charge >= 0.3 is 0 Å². The maximum absolute atomic E-state index is 12.1. The lowest BCUT2D eigenvalue weighted by Gasteiger charge is -2.08. The van der Waals surface area contributed by atoms with Crippen LogP contribution in [-0.4, -0.2) is 32.7 Å². The summed E-state index contributed by atoms with van der Waals surface area (Å²) < 4.78 is 8.88. The number of benzene rings is 1. The number of methoxy groups -OCH3 is 1. The minimum absolute atomic E-state index is 0.0634. The molecule has 0 fully saturated rings. The molecule has 0 aliphatic rings. The number of hydrogen-bond donors (Lipinski definition) is 0. The highest BCUT2D eigenvalue weighted by Crippen LogP contribution is 2.28. The fourth-order valence-corrected chi connectivity index (χ4v) is 4.53. The van der Waals surface area contributed by atoms with Crippen LogP contribution in [0.3, 0.4) is 0 Å². The Morgan fingerprint density at radius 2 is 2.19 bits per heavy atom. The topological polar surface area (TPSA) is 61.4 Å². The van der Waals surface area contributed by atoms with E-state index in [0.29, 0.717) is 28.9 Å². The van der Waals surface area contributed by atoms with Crippen molar-refractivity contribution in [2.45, 2.75) is 17.5 Å². The van der Waals surface area contributed by atoms with Crippen LogP contribution in [-0.2, 0) is 17.0 Å². The van der Waals surface area contributed by atoms with Crippen LogP contribution in [0, 0.1) is 0 Å². The maximum Gasteiger partial charge on any atom is 0.258 e. The molecule has 0 N–H and O–H groups in total. The summed E-state index contributed by atoms with van der Waals surface area (Å²) in [4.78, 5) is 22.1. The first-order chi connectivity index (χ1) is 12.7. The second kappa shape index (κ2) is 7.40. The molecule has 0 amide bonds. The van der Waals surface area contributed by atoms with Crippen LogP contribution in [0.2, 0.25) is 5.02 Å². The normalized spacial score (nSPS) is 11.6. The van der Waals surface area contributed by atoms with Gasteiger partial charge in [-0.15, -0.1) is 11.3 Å². The lowest BCUT2D eigenvalue weighted by molar-refractivity contribution is 0.186. The van der Waals surface area contributed by atoms with Crippen LogP contribution in [0.1, 0.15) is 5.69 Å². The molecular formula is C17H15ClN4O2S2. The van der Waals surface area contributed by atoms with Crippen LogP contribution < -0.4 is 5.56 Å². The van der Waals surface area contributed by atoms with E-state index < -0.39 is 0 Å². The molecule has 0 saturated carbocycles. The molecule has 1 aromatic carbocycles. The summed E-state index contributed by atoms with van der Waals surface area (Å²) in [6.45, 7) is 1.28. The summed E-state index contributed by atoms with van der Waals surface area (Å²) in [6, 6.07) is 7.25. The van der Waals surface area contributed by atoms with E-state index in [1.807, 2.05) is 23.6 Å². The number of imidazole rings is 1. The number of thiazole rings is 1. The zero-order chi connectivity index (χ0) is 18.1. The first-order valence-corrected chi connectivity index (χ1v) is 10.1. The van der Waals surface area contributed by atoms with Crippen LogP contribution in [0.25, 0.3) is 16.0 Å². The van der Waals surface area contributed by atoms with E-state index in [-0.39, 0.29) is 5.56 Å². The van der Waals surface area contributed by atoms with Gasteiger partial charge in [0.25, 0.3) is 5.56 Å². The highest BCUT2D eigenvalue weighted by Gasteiger charge is 2.13. The van der Waals surface area contributed by atoms with Crippen molar-refractivity contribution in [3.05, 3.63) is 56.9 Å². The van der Waals surface area contributed by atoms with Crippen LogP contribution in [0.4, 0.5) is 0 Å². The predicted octanol–water partition coefficient (Wildman–Crippen LogP) is 3.70. The molecule has 0 bridgehead atoms. The molecule has 0 radical (unpaired) electrons. The fraction of sp³-hybridized carbons (Fsp3) is 0.235. The number of ether oxygens (including phenoxy) is 1. The summed E-state index contributed by atoms with van der Waals surface area (Å²) in [5.41, 5.74) is 2.53. The molecule has 26 heavy (non-hydrogen) atoms. The highest BCUT2D eigenvalue weighted by molar-refractivity contribution is 7.98. The summed E-state index contributed by atoms with van der Waals surface area (Å²) in [5, 5.41) is 3.37. The molecule has 6 nitrogen and oxygen atoms in total. The number of fused-ring (bicyclic) bond motifs is 2. The molecule has 0 saturated heterocycles. The molecule has 0 atom stereocenters. The van der Waals surface area contributed by atoms with Crippen LogP contribution in [0.15, 0.2) is 45.8 Å². The van der Waals surface area contributed by atoms with Gasteiger partial charge in [-0.25, -0.2) is 9.97 Å². The molecule has 0 aliphatic carbocycles. The Morgan fingerprint density at radius 3 is 3.04 bits per heavy atom. The van der Waals surface area contributed by atoms with Gasteiger partial charge in [-0.2, -0.15) is 0 Å². The van der Waals surface area contributed by atoms with Crippen molar-refractivity contribution < 1.29 is 4.74 Å². The average Bonchev–Trinajstić information content (AvgIpc) is 3.22. The van der Waals surface area contributed by atoms with Crippen molar-refractivity contribution in [3.8, 4) is 0 Å². The molecule has 0 aliphatic heterocycles. The van der Waals surface area contributed by atoms with Crippen molar-refractivity contribution in [2.24, 2.45) is 0 Å². The van der Waals surface area contributed by atoms with Crippen molar-refractivity contribution in [3.63, 3.8) is 0 Å². The van der Waals surface area contributed by atoms with E-state index in [9.17, 15) is 4.79 Å². The highest BCUT2D eigenvalue weighted by atomic mass is 35.5. The number of hydrogen-bond acceptors (Lipinski definition) is 6. The van der Waals surface area contributed by atoms with Gasteiger partial charge in [-0.05, 0) is 18.2 Å². The van der Waals surface area contributed by atoms with E-state index >= 15 is 0 Å². The largest absolute Gasteiger partial charge is 0.383 e. The Kier molecular flexibility index (Phi) is 4.99. The predicted molar refractivity (Wildman–Crippen MR) is 106 cm³/mol. The van der Waals surface area contributed by atoms with Crippen molar-refractivity contribution in [1.29, 1.82) is 0 Å². The lowest BCUT2D eigenvalue weighted by Crippen LogP contribution is -2.12. The van der Waals surface area contributed by atoms with Crippen molar-refractivity contribution >= 4 is 50.7 Å². The zero-order valence-electron chi connectivity index (χ0n) is 13.9. The standard InChI is InChI=1S/C17H15ClN4O2S2/c1-24-6-4-21-14-3-2-11(18)8-13(14)20-17(21)26-10-12-9-15(23)22-5-7-25-16(22)19-12/h2-3,5,7-9H,4,6,10H2,1H3. The molecule has 134 valence electrons. The molecule has 4 rings (SSSR count). The Balaban J connectivity index is 1.65. The average molecular weight is 407 g/mol. The monoisotopic (exact) mass is 406 g/mol. The minimum Gasteiger partial charge on any atom is -0.383 e. The van der Waals surface area contributed by atoms with Gasteiger partial charge in [-0.1, -0.05) is 23.4 Å². The quantitative estimate of drug-likeness (QED) is 0.457. The summed E-state index contributed by atoms with van der Waals surface area (Å²) in [7, 11) is 1.68. The third-order valence-electron chi connectivity index (χ3n) is 3.90. The second-order valence-electron chi connectivity index (χ2n) is 5.60. The van der Waals surface area contributed by atoms with Crippen LogP contribution >= 0.6 is 34.7 Å². The van der Waals surface area contributed by atoms with Crippen LogP contribution in [0.5, 0.6) is 0 Å². The molecule has 0 spiro atoms. The summed E-state index contributed by atoms with van der Waals surface area (Å²) >= 11 is 9.09. The van der Waals surface area contributed by atoms with Gasteiger partial charge in [-0.3, -0.25) is 9.20 Å². The number of rotatable bonds is 6.